The van der Waals surface area contributed by atoms with E-state index in [9.17, 15) is 24.3 Å². The van der Waals surface area contributed by atoms with E-state index in [1.54, 1.807) is 0 Å². The van der Waals surface area contributed by atoms with Crippen molar-refractivity contribution in [2.24, 2.45) is 5.73 Å². The lowest BCUT2D eigenvalue weighted by molar-refractivity contribution is -0.150. The Morgan fingerprint density at radius 1 is 1.12 bits per heavy atom. The first-order valence-electron chi connectivity index (χ1n) is 7.40. The number of aliphatic hydroxyl groups is 2. The Morgan fingerprint density at radius 2 is 1.75 bits per heavy atom. The molecule has 3 unspecified atom stereocenters. The lowest BCUT2D eigenvalue weighted by Crippen LogP contribution is -2.58. The van der Waals surface area contributed by atoms with Crippen molar-refractivity contribution in [3.05, 3.63) is 0 Å². The van der Waals surface area contributed by atoms with E-state index >= 15 is 0 Å². The smallest absolute Gasteiger partial charge is 0.326 e. The monoisotopic (exact) mass is 346 g/mol. The Kier molecular flexibility index (Phi) is 7.55. The molecule has 1 heterocycles. The standard InChI is InChI=1S/C13H22N4O7/c14-4-10(20)15-7(5-18)11(21)16-8(6-19)12(22)17-3-1-2-9(17)13(23)24/h7-9,18-19H,1-6,14H2,(H,15,20)(H,16,21)(H,23,24). The van der Waals surface area contributed by atoms with E-state index in [-0.39, 0.29) is 13.1 Å². The maximum atomic E-state index is 12.3. The number of rotatable bonds is 8. The lowest BCUT2D eigenvalue weighted by atomic mass is 10.2. The van der Waals surface area contributed by atoms with E-state index in [4.69, 9.17) is 15.9 Å². The Hall–Kier alpha value is -2.24. The molecule has 24 heavy (non-hydrogen) atoms. The molecule has 0 aromatic rings. The van der Waals surface area contributed by atoms with Crippen LogP contribution in [0, 0.1) is 0 Å². The van der Waals surface area contributed by atoms with Crippen LogP contribution in [0.1, 0.15) is 12.8 Å². The quantitative estimate of drug-likeness (QED) is 0.257. The van der Waals surface area contributed by atoms with Gasteiger partial charge in [-0.2, -0.15) is 0 Å². The number of carbonyl (C=O) groups is 4. The topological polar surface area (TPSA) is 182 Å². The molecule has 11 heteroatoms. The average Bonchev–Trinajstić information content (AvgIpc) is 3.06. The zero-order valence-electron chi connectivity index (χ0n) is 13.0. The maximum Gasteiger partial charge on any atom is 0.326 e. The summed E-state index contributed by atoms with van der Waals surface area (Å²) in [5.74, 6) is -3.47. The molecule has 1 fully saturated rings. The summed E-state index contributed by atoms with van der Waals surface area (Å²) in [6, 6.07) is -3.72. The summed E-state index contributed by atoms with van der Waals surface area (Å²) in [5, 5.41) is 31.9. The molecular formula is C13H22N4O7. The Labute approximate surface area is 137 Å². The fourth-order valence-corrected chi connectivity index (χ4v) is 2.39. The highest BCUT2D eigenvalue weighted by molar-refractivity contribution is 5.93. The molecule has 0 aromatic heterocycles. The van der Waals surface area contributed by atoms with Crippen LogP contribution in [0.15, 0.2) is 0 Å². The third-order valence-electron chi connectivity index (χ3n) is 3.64. The number of carbonyl (C=O) groups excluding carboxylic acids is 3. The van der Waals surface area contributed by atoms with Crippen LogP contribution in [0.5, 0.6) is 0 Å². The van der Waals surface area contributed by atoms with Crippen molar-refractivity contribution >= 4 is 23.7 Å². The van der Waals surface area contributed by atoms with Gasteiger partial charge in [0.1, 0.15) is 18.1 Å². The minimum Gasteiger partial charge on any atom is -0.480 e. The summed E-state index contributed by atoms with van der Waals surface area (Å²) < 4.78 is 0. The molecule has 0 aromatic carbocycles. The third kappa shape index (κ3) is 4.88. The minimum atomic E-state index is -1.37. The number of nitrogens with zero attached hydrogens (tertiary/aromatic N) is 1. The SMILES string of the molecule is NCC(=O)NC(CO)C(=O)NC(CO)C(=O)N1CCCC1C(=O)O. The number of aliphatic carboxylic acids is 1. The molecule has 0 saturated carbocycles. The molecule has 7 N–H and O–H groups in total. The van der Waals surface area contributed by atoms with Crippen molar-refractivity contribution in [3.8, 4) is 0 Å². The van der Waals surface area contributed by atoms with Gasteiger partial charge in [-0.15, -0.1) is 0 Å². The van der Waals surface area contributed by atoms with E-state index in [1.165, 1.54) is 0 Å². The minimum absolute atomic E-state index is 0.204. The molecule has 1 saturated heterocycles. The lowest BCUT2D eigenvalue weighted by Gasteiger charge is -2.27. The van der Waals surface area contributed by atoms with Crippen molar-refractivity contribution in [1.82, 2.24) is 15.5 Å². The largest absolute Gasteiger partial charge is 0.480 e. The van der Waals surface area contributed by atoms with E-state index < -0.39 is 55.0 Å². The van der Waals surface area contributed by atoms with Crippen LogP contribution in [0.4, 0.5) is 0 Å². The van der Waals surface area contributed by atoms with Crippen LogP contribution < -0.4 is 16.4 Å². The van der Waals surface area contributed by atoms with Crippen molar-refractivity contribution in [1.29, 1.82) is 0 Å². The van der Waals surface area contributed by atoms with Crippen LogP contribution in [-0.4, -0.2) is 88.3 Å². The van der Waals surface area contributed by atoms with Gasteiger partial charge in [0.05, 0.1) is 19.8 Å². The summed E-state index contributed by atoms with van der Waals surface area (Å²) >= 11 is 0. The average molecular weight is 346 g/mol. The molecule has 11 nitrogen and oxygen atoms in total. The summed E-state index contributed by atoms with van der Waals surface area (Å²) in [6.07, 6.45) is 0.791. The van der Waals surface area contributed by atoms with Gasteiger partial charge in [0.15, 0.2) is 0 Å². The molecule has 3 atom stereocenters. The molecule has 0 radical (unpaired) electrons. The predicted molar refractivity (Wildman–Crippen MR) is 79.5 cm³/mol. The van der Waals surface area contributed by atoms with Gasteiger partial charge in [-0.1, -0.05) is 0 Å². The van der Waals surface area contributed by atoms with Gasteiger partial charge in [-0.05, 0) is 12.8 Å². The van der Waals surface area contributed by atoms with E-state index in [0.29, 0.717) is 12.8 Å². The highest BCUT2D eigenvalue weighted by Gasteiger charge is 2.38. The number of hydrogen-bond donors (Lipinski definition) is 6. The Balaban J connectivity index is 2.74. The molecule has 0 spiro atoms. The van der Waals surface area contributed by atoms with Crippen LogP contribution in [0.25, 0.3) is 0 Å². The highest BCUT2D eigenvalue weighted by atomic mass is 16.4. The van der Waals surface area contributed by atoms with Crippen molar-refractivity contribution in [2.75, 3.05) is 26.3 Å². The molecule has 0 aliphatic carbocycles. The second-order valence-electron chi connectivity index (χ2n) is 5.28. The molecule has 1 aliphatic rings. The zero-order valence-corrected chi connectivity index (χ0v) is 13.0. The summed E-state index contributed by atoms with van der Waals surface area (Å²) in [5.41, 5.74) is 5.10. The van der Waals surface area contributed by atoms with E-state index in [1.807, 2.05) is 0 Å². The number of amides is 3. The van der Waals surface area contributed by atoms with Gasteiger partial charge in [0.25, 0.3) is 0 Å². The molecule has 3 amide bonds. The first-order chi connectivity index (χ1) is 11.3. The fourth-order valence-electron chi connectivity index (χ4n) is 2.39. The maximum absolute atomic E-state index is 12.3. The van der Waals surface area contributed by atoms with Gasteiger partial charge in [-0.3, -0.25) is 14.4 Å². The predicted octanol–water partition coefficient (Wildman–Crippen LogP) is -4.03. The van der Waals surface area contributed by atoms with Crippen LogP contribution in [0.3, 0.4) is 0 Å². The zero-order chi connectivity index (χ0) is 18.3. The number of hydrogen-bond acceptors (Lipinski definition) is 7. The first-order valence-corrected chi connectivity index (χ1v) is 7.40. The Bertz CT molecular complexity index is 499. The third-order valence-corrected chi connectivity index (χ3v) is 3.64. The van der Waals surface area contributed by atoms with Crippen molar-refractivity contribution in [2.45, 2.75) is 31.0 Å². The second-order valence-corrected chi connectivity index (χ2v) is 5.28. The summed E-state index contributed by atoms with van der Waals surface area (Å²) in [7, 11) is 0. The normalized spacial score (nSPS) is 19.5. The number of carboxylic acids is 1. The molecule has 136 valence electrons. The highest BCUT2D eigenvalue weighted by Crippen LogP contribution is 2.18. The fraction of sp³-hybridized carbons (Fsp3) is 0.692. The molecular weight excluding hydrogens is 324 g/mol. The number of carboxylic acid groups (broad SMARTS) is 1. The van der Waals surface area contributed by atoms with Gasteiger partial charge < -0.3 is 36.6 Å². The summed E-state index contributed by atoms with van der Waals surface area (Å²) in [4.78, 5) is 47.7. The van der Waals surface area contributed by atoms with Crippen LogP contribution in [-0.2, 0) is 19.2 Å². The van der Waals surface area contributed by atoms with E-state index in [0.717, 1.165) is 4.90 Å². The van der Waals surface area contributed by atoms with Gasteiger partial charge in [-0.25, -0.2) is 4.79 Å². The number of nitrogens with two attached hydrogens (primary N) is 1. The van der Waals surface area contributed by atoms with Crippen LogP contribution >= 0.6 is 0 Å². The molecule has 0 bridgehead atoms. The molecule has 1 aliphatic heterocycles. The van der Waals surface area contributed by atoms with Gasteiger partial charge >= 0.3 is 5.97 Å². The Morgan fingerprint density at radius 3 is 2.25 bits per heavy atom. The second kappa shape index (κ2) is 9.15. The number of aliphatic hydroxyl groups excluding tert-OH is 2. The number of likely N-dealkylation sites (tertiary alicyclic amines) is 1. The van der Waals surface area contributed by atoms with Gasteiger partial charge in [0, 0.05) is 6.54 Å². The number of nitrogens with one attached hydrogen (secondary N) is 2. The van der Waals surface area contributed by atoms with E-state index in [2.05, 4.69) is 10.6 Å². The van der Waals surface area contributed by atoms with Gasteiger partial charge in [0.2, 0.25) is 17.7 Å². The van der Waals surface area contributed by atoms with Crippen LogP contribution in [0.2, 0.25) is 0 Å². The van der Waals surface area contributed by atoms with Crippen molar-refractivity contribution < 1.29 is 34.5 Å². The van der Waals surface area contributed by atoms with Crippen molar-refractivity contribution in [3.63, 3.8) is 0 Å². The molecule has 1 rings (SSSR count). The summed E-state index contributed by atoms with van der Waals surface area (Å²) in [6.45, 7) is -1.67. The first kappa shape index (κ1) is 19.8.